The third-order valence-electron chi connectivity index (χ3n) is 1.95. The molecule has 0 spiro atoms. The Bertz CT molecular complexity index is 214. The summed E-state index contributed by atoms with van der Waals surface area (Å²) in [5, 5.41) is 2.76. The van der Waals surface area contributed by atoms with Gasteiger partial charge in [-0.3, -0.25) is 0 Å². The summed E-state index contributed by atoms with van der Waals surface area (Å²) in [5.74, 6) is 0. The zero-order valence-corrected chi connectivity index (χ0v) is 11.4. The molecule has 0 aromatic heterocycles. The zero-order chi connectivity index (χ0) is 13.3. The van der Waals surface area contributed by atoms with Crippen LogP contribution < -0.4 is 11.1 Å². The average Bonchev–Trinajstić information content (AvgIpc) is 2.14. The normalized spacial score (nSPS) is 13.2. The van der Waals surface area contributed by atoms with E-state index in [1.807, 2.05) is 27.7 Å². The van der Waals surface area contributed by atoms with Crippen LogP contribution in [0.25, 0.3) is 0 Å². The van der Waals surface area contributed by atoms with Gasteiger partial charge in [0.25, 0.3) is 0 Å². The second-order valence-corrected chi connectivity index (χ2v) is 5.09. The number of ether oxygens (including phenoxy) is 2. The summed E-state index contributed by atoms with van der Waals surface area (Å²) in [6.45, 7) is 9.39. The van der Waals surface area contributed by atoms with Gasteiger partial charge in [-0.2, -0.15) is 0 Å². The molecule has 0 aliphatic rings. The van der Waals surface area contributed by atoms with Gasteiger partial charge in [-0.1, -0.05) is 0 Å². The predicted molar refractivity (Wildman–Crippen MR) is 67.9 cm³/mol. The SMILES string of the molecule is C[C@@H](CCOCCCN)NC(=O)OC(C)(C)C. The highest BCUT2D eigenvalue weighted by Crippen LogP contribution is 2.07. The monoisotopic (exact) mass is 246 g/mol. The number of nitrogens with two attached hydrogens (primary N) is 1. The molecular weight excluding hydrogens is 220 g/mol. The van der Waals surface area contributed by atoms with Crippen LogP contribution in [0.2, 0.25) is 0 Å². The van der Waals surface area contributed by atoms with Crippen LogP contribution in [0, 0.1) is 0 Å². The molecule has 0 aromatic rings. The molecule has 0 heterocycles. The van der Waals surface area contributed by atoms with Crippen LogP contribution in [0.15, 0.2) is 0 Å². The number of alkyl carbamates (subject to hydrolysis) is 1. The fourth-order valence-corrected chi connectivity index (χ4v) is 1.13. The van der Waals surface area contributed by atoms with Crippen molar-refractivity contribution in [2.24, 2.45) is 5.73 Å². The molecule has 17 heavy (non-hydrogen) atoms. The first-order valence-electron chi connectivity index (χ1n) is 6.12. The fraction of sp³-hybridized carbons (Fsp3) is 0.917. The van der Waals surface area contributed by atoms with E-state index in [0.29, 0.717) is 19.8 Å². The maximum absolute atomic E-state index is 11.4. The molecule has 102 valence electrons. The Hall–Kier alpha value is -0.810. The predicted octanol–water partition coefficient (Wildman–Crippen LogP) is 1.66. The fourth-order valence-electron chi connectivity index (χ4n) is 1.13. The zero-order valence-electron chi connectivity index (χ0n) is 11.4. The molecule has 0 aliphatic heterocycles. The standard InChI is InChI=1S/C12H26N2O3/c1-10(6-9-16-8-5-7-13)14-11(15)17-12(2,3)4/h10H,5-9,13H2,1-4H3,(H,14,15)/t10-/m0/s1. The number of hydrogen-bond acceptors (Lipinski definition) is 4. The molecule has 0 saturated carbocycles. The Morgan fingerprint density at radius 1 is 1.35 bits per heavy atom. The van der Waals surface area contributed by atoms with Crippen molar-refractivity contribution in [2.45, 2.75) is 52.2 Å². The van der Waals surface area contributed by atoms with Crippen LogP contribution in [0.1, 0.15) is 40.5 Å². The number of hydrogen-bond donors (Lipinski definition) is 2. The molecule has 1 atom stereocenters. The van der Waals surface area contributed by atoms with E-state index in [-0.39, 0.29) is 12.1 Å². The lowest BCUT2D eigenvalue weighted by Crippen LogP contribution is -2.38. The highest BCUT2D eigenvalue weighted by molar-refractivity contribution is 5.67. The van der Waals surface area contributed by atoms with Crippen molar-refractivity contribution >= 4 is 6.09 Å². The molecule has 0 radical (unpaired) electrons. The van der Waals surface area contributed by atoms with Gasteiger partial charge >= 0.3 is 6.09 Å². The van der Waals surface area contributed by atoms with Gasteiger partial charge in [-0.05, 0) is 47.1 Å². The van der Waals surface area contributed by atoms with E-state index in [1.165, 1.54) is 0 Å². The van der Waals surface area contributed by atoms with Crippen LogP contribution in [-0.2, 0) is 9.47 Å². The van der Waals surface area contributed by atoms with Crippen molar-refractivity contribution in [1.29, 1.82) is 0 Å². The Balaban J connectivity index is 3.57. The summed E-state index contributed by atoms with van der Waals surface area (Å²) in [6, 6.07) is 0.0442. The Morgan fingerprint density at radius 2 is 2.00 bits per heavy atom. The second-order valence-electron chi connectivity index (χ2n) is 5.09. The second kappa shape index (κ2) is 8.31. The maximum Gasteiger partial charge on any atom is 0.407 e. The molecule has 3 N–H and O–H groups in total. The summed E-state index contributed by atoms with van der Waals surface area (Å²) in [7, 11) is 0. The summed E-state index contributed by atoms with van der Waals surface area (Å²) >= 11 is 0. The number of amides is 1. The largest absolute Gasteiger partial charge is 0.444 e. The summed E-state index contributed by atoms with van der Waals surface area (Å²) in [4.78, 5) is 11.4. The molecule has 0 rings (SSSR count). The molecule has 5 heteroatoms. The van der Waals surface area contributed by atoms with Gasteiger partial charge in [0.2, 0.25) is 0 Å². The van der Waals surface area contributed by atoms with E-state index in [2.05, 4.69) is 5.32 Å². The minimum Gasteiger partial charge on any atom is -0.444 e. The first kappa shape index (κ1) is 16.2. The van der Waals surface area contributed by atoms with E-state index in [4.69, 9.17) is 15.2 Å². The van der Waals surface area contributed by atoms with Gasteiger partial charge in [0.05, 0.1) is 0 Å². The van der Waals surface area contributed by atoms with Crippen molar-refractivity contribution in [2.75, 3.05) is 19.8 Å². The third kappa shape index (κ3) is 11.5. The number of rotatable bonds is 7. The van der Waals surface area contributed by atoms with E-state index < -0.39 is 5.60 Å². The van der Waals surface area contributed by atoms with Crippen LogP contribution >= 0.6 is 0 Å². The lowest BCUT2D eigenvalue weighted by Gasteiger charge is -2.21. The van der Waals surface area contributed by atoms with Gasteiger partial charge in [-0.25, -0.2) is 4.79 Å². The smallest absolute Gasteiger partial charge is 0.407 e. The minimum absolute atomic E-state index is 0.0442. The quantitative estimate of drug-likeness (QED) is 0.670. The molecule has 0 fully saturated rings. The number of carbonyl (C=O) groups is 1. The van der Waals surface area contributed by atoms with Gasteiger partial charge in [0.1, 0.15) is 5.60 Å². The van der Waals surface area contributed by atoms with E-state index in [1.54, 1.807) is 0 Å². The van der Waals surface area contributed by atoms with E-state index in [9.17, 15) is 4.79 Å². The molecule has 0 saturated heterocycles. The van der Waals surface area contributed by atoms with Crippen LogP contribution in [-0.4, -0.2) is 37.5 Å². The Kier molecular flexibility index (Phi) is 7.91. The number of carbonyl (C=O) groups excluding carboxylic acids is 1. The molecule has 0 aromatic carbocycles. The van der Waals surface area contributed by atoms with E-state index in [0.717, 1.165) is 12.8 Å². The summed E-state index contributed by atoms with van der Waals surface area (Å²) in [6.07, 6.45) is 1.25. The van der Waals surface area contributed by atoms with Gasteiger partial charge in [0.15, 0.2) is 0 Å². The van der Waals surface area contributed by atoms with Gasteiger partial charge < -0.3 is 20.5 Å². The lowest BCUT2D eigenvalue weighted by molar-refractivity contribution is 0.0493. The minimum atomic E-state index is -0.457. The third-order valence-corrected chi connectivity index (χ3v) is 1.95. The maximum atomic E-state index is 11.4. The molecule has 0 unspecified atom stereocenters. The Labute approximate surface area is 104 Å². The first-order chi connectivity index (χ1) is 7.85. The van der Waals surface area contributed by atoms with Gasteiger partial charge in [-0.15, -0.1) is 0 Å². The summed E-state index contributed by atoms with van der Waals surface area (Å²) in [5.41, 5.74) is 4.88. The highest BCUT2D eigenvalue weighted by atomic mass is 16.6. The molecule has 0 aliphatic carbocycles. The van der Waals surface area contributed by atoms with Crippen molar-refractivity contribution < 1.29 is 14.3 Å². The molecule has 0 bridgehead atoms. The van der Waals surface area contributed by atoms with Crippen LogP contribution in [0.5, 0.6) is 0 Å². The average molecular weight is 246 g/mol. The van der Waals surface area contributed by atoms with E-state index >= 15 is 0 Å². The van der Waals surface area contributed by atoms with Crippen molar-refractivity contribution in [1.82, 2.24) is 5.32 Å². The van der Waals surface area contributed by atoms with Gasteiger partial charge in [0, 0.05) is 19.3 Å². The van der Waals surface area contributed by atoms with Crippen LogP contribution in [0.3, 0.4) is 0 Å². The number of nitrogens with one attached hydrogen (secondary N) is 1. The highest BCUT2D eigenvalue weighted by Gasteiger charge is 2.17. The first-order valence-corrected chi connectivity index (χ1v) is 6.12. The molecule has 1 amide bonds. The topological polar surface area (TPSA) is 73.6 Å². The van der Waals surface area contributed by atoms with Crippen molar-refractivity contribution in [3.63, 3.8) is 0 Å². The molecule has 5 nitrogen and oxygen atoms in total. The Morgan fingerprint density at radius 3 is 2.53 bits per heavy atom. The molecular formula is C12H26N2O3. The van der Waals surface area contributed by atoms with Crippen molar-refractivity contribution in [3.8, 4) is 0 Å². The van der Waals surface area contributed by atoms with Crippen molar-refractivity contribution in [3.05, 3.63) is 0 Å². The summed E-state index contributed by atoms with van der Waals surface area (Å²) < 4.78 is 10.5. The van der Waals surface area contributed by atoms with Crippen LogP contribution in [0.4, 0.5) is 4.79 Å². The lowest BCUT2D eigenvalue weighted by atomic mass is 10.2.